The van der Waals surface area contributed by atoms with Gasteiger partial charge in [0.05, 0.1) is 0 Å². The van der Waals surface area contributed by atoms with Gasteiger partial charge in [-0.2, -0.15) is 0 Å². The molecule has 0 aromatic heterocycles. The van der Waals surface area contributed by atoms with Crippen molar-refractivity contribution in [1.82, 2.24) is 0 Å². The van der Waals surface area contributed by atoms with Gasteiger partial charge in [0, 0.05) is 24.9 Å². The summed E-state index contributed by atoms with van der Waals surface area (Å²) in [5.41, 5.74) is 19.3. The molecule has 0 saturated heterocycles. The summed E-state index contributed by atoms with van der Waals surface area (Å²) in [6.45, 7) is 1.10. The van der Waals surface area contributed by atoms with E-state index in [1.807, 2.05) is 0 Å². The Morgan fingerprint density at radius 1 is 0.714 bits per heavy atom. The van der Waals surface area contributed by atoms with Gasteiger partial charge in [-0.05, 0) is 33.4 Å². The Labute approximate surface area is 167 Å². The third kappa shape index (κ3) is 3.84. The quantitative estimate of drug-likeness (QED) is 0.644. The lowest BCUT2D eigenvalue weighted by atomic mass is 9.80. The predicted molar refractivity (Wildman–Crippen MR) is 118 cm³/mol. The van der Waals surface area contributed by atoms with Crippen LogP contribution in [0.3, 0.4) is 0 Å². The lowest BCUT2D eigenvalue weighted by Gasteiger charge is -2.23. The van der Waals surface area contributed by atoms with Crippen molar-refractivity contribution in [2.75, 3.05) is 0 Å². The Balaban J connectivity index is 1.77. The number of rotatable bonds is 6. The number of hydrogen-bond donors (Lipinski definition) is 2. The molecule has 1 aliphatic carbocycles. The number of hydrogen-bond acceptors (Lipinski definition) is 2. The van der Waals surface area contributed by atoms with E-state index in [0.717, 1.165) is 11.1 Å². The van der Waals surface area contributed by atoms with Crippen LogP contribution >= 0.6 is 0 Å². The first-order chi connectivity index (χ1) is 13.8. The fourth-order valence-electron chi connectivity index (χ4n) is 4.03. The van der Waals surface area contributed by atoms with Gasteiger partial charge in [-0.15, -0.1) is 0 Å². The maximum absolute atomic E-state index is 5.91. The fourth-order valence-corrected chi connectivity index (χ4v) is 4.03. The highest BCUT2D eigenvalue weighted by Crippen LogP contribution is 2.39. The van der Waals surface area contributed by atoms with Crippen LogP contribution in [0.4, 0.5) is 0 Å². The highest BCUT2D eigenvalue weighted by Gasteiger charge is 2.25. The van der Waals surface area contributed by atoms with E-state index in [1.54, 1.807) is 0 Å². The van der Waals surface area contributed by atoms with Crippen molar-refractivity contribution in [3.8, 4) is 0 Å². The molecule has 1 unspecified atom stereocenters. The van der Waals surface area contributed by atoms with E-state index in [1.165, 1.54) is 22.3 Å². The molecule has 0 radical (unpaired) electrons. The third-order valence-corrected chi connectivity index (χ3v) is 5.45. The molecule has 0 heterocycles. The zero-order valence-corrected chi connectivity index (χ0v) is 16.0. The van der Waals surface area contributed by atoms with Crippen LogP contribution < -0.4 is 11.5 Å². The van der Waals surface area contributed by atoms with E-state index >= 15 is 0 Å². The topological polar surface area (TPSA) is 52.0 Å². The van der Waals surface area contributed by atoms with E-state index < -0.39 is 0 Å². The van der Waals surface area contributed by atoms with Gasteiger partial charge in [0.25, 0.3) is 0 Å². The van der Waals surface area contributed by atoms with Crippen molar-refractivity contribution < 1.29 is 0 Å². The summed E-state index contributed by atoms with van der Waals surface area (Å²) < 4.78 is 0. The van der Waals surface area contributed by atoms with Crippen LogP contribution in [-0.2, 0) is 13.1 Å². The molecule has 0 saturated carbocycles. The molecule has 3 aromatic rings. The second kappa shape index (κ2) is 8.39. The Kier molecular flexibility index (Phi) is 5.52. The van der Waals surface area contributed by atoms with Crippen LogP contribution in [0.2, 0.25) is 0 Å². The molecule has 140 valence electrons. The first-order valence-corrected chi connectivity index (χ1v) is 9.82. The Hall–Kier alpha value is -2.94. The van der Waals surface area contributed by atoms with Crippen LogP contribution in [0.25, 0.3) is 5.57 Å². The van der Waals surface area contributed by atoms with Gasteiger partial charge in [0.15, 0.2) is 0 Å². The van der Waals surface area contributed by atoms with Crippen LogP contribution in [0.15, 0.2) is 97.1 Å². The predicted octanol–water partition coefficient (Wildman–Crippen LogP) is 5.01. The van der Waals surface area contributed by atoms with Crippen LogP contribution in [-0.4, -0.2) is 0 Å². The molecular weight excluding hydrogens is 340 g/mol. The Morgan fingerprint density at radius 2 is 1.32 bits per heavy atom. The minimum absolute atomic E-state index is 0.232. The van der Waals surface area contributed by atoms with Gasteiger partial charge in [-0.1, -0.05) is 97.1 Å². The second-order valence-electron chi connectivity index (χ2n) is 7.30. The second-order valence-corrected chi connectivity index (χ2v) is 7.30. The van der Waals surface area contributed by atoms with E-state index in [9.17, 15) is 0 Å². The van der Waals surface area contributed by atoms with E-state index in [4.69, 9.17) is 11.5 Å². The van der Waals surface area contributed by atoms with Gasteiger partial charge in [0.1, 0.15) is 0 Å². The molecule has 1 atom stereocenters. The van der Waals surface area contributed by atoms with Crippen molar-refractivity contribution in [2.24, 2.45) is 17.4 Å². The van der Waals surface area contributed by atoms with Gasteiger partial charge < -0.3 is 11.5 Å². The number of nitrogens with two attached hydrogens (primary N) is 2. The highest BCUT2D eigenvalue weighted by molar-refractivity contribution is 5.77. The maximum atomic E-state index is 5.91. The number of benzene rings is 3. The molecule has 2 heteroatoms. The van der Waals surface area contributed by atoms with Gasteiger partial charge in [0.2, 0.25) is 0 Å². The summed E-state index contributed by atoms with van der Waals surface area (Å²) in [7, 11) is 0. The minimum Gasteiger partial charge on any atom is -0.326 e. The van der Waals surface area contributed by atoms with E-state index in [-0.39, 0.29) is 11.8 Å². The Bertz CT molecular complexity index is 954. The summed E-state index contributed by atoms with van der Waals surface area (Å²) in [4.78, 5) is 0. The van der Waals surface area contributed by atoms with Crippen LogP contribution in [0, 0.1) is 5.92 Å². The summed E-state index contributed by atoms with van der Waals surface area (Å²) >= 11 is 0. The molecule has 0 spiro atoms. The average molecular weight is 367 g/mol. The molecule has 3 aromatic carbocycles. The molecule has 2 nitrogen and oxygen atoms in total. The van der Waals surface area contributed by atoms with Crippen molar-refractivity contribution in [3.63, 3.8) is 0 Å². The van der Waals surface area contributed by atoms with E-state index in [2.05, 4.69) is 97.1 Å². The summed E-state index contributed by atoms with van der Waals surface area (Å²) in [6.07, 6.45) is 6.94. The van der Waals surface area contributed by atoms with Crippen LogP contribution in [0.1, 0.15) is 33.7 Å². The van der Waals surface area contributed by atoms with Crippen molar-refractivity contribution >= 4 is 5.57 Å². The van der Waals surface area contributed by atoms with Gasteiger partial charge >= 0.3 is 0 Å². The average Bonchev–Trinajstić information content (AvgIpc) is 3.24. The molecule has 4 N–H and O–H groups in total. The number of allylic oxidation sites excluding steroid dienone is 4. The first kappa shape index (κ1) is 18.4. The largest absolute Gasteiger partial charge is 0.326 e. The zero-order chi connectivity index (χ0) is 19.3. The standard InChI is InChI=1S/C26H26N2/c27-17-19-6-4-10-23(14-19)26(24-11-5-7-20(15-24)18-28)25-13-12-22(16-25)21-8-2-1-3-9-21/h1-16,25-26H,17-18,27-28H2. The smallest absolute Gasteiger partial charge is 0.0187 e. The molecule has 0 fully saturated rings. The van der Waals surface area contributed by atoms with Gasteiger partial charge in [-0.25, -0.2) is 0 Å². The normalized spacial score (nSPS) is 15.8. The SMILES string of the molecule is NCc1cccc(C(c2cccc(CN)c2)C2C=CC(c3ccccc3)=C2)c1. The molecular formula is C26H26N2. The monoisotopic (exact) mass is 366 g/mol. The first-order valence-electron chi connectivity index (χ1n) is 9.82. The maximum Gasteiger partial charge on any atom is 0.0187 e. The van der Waals surface area contributed by atoms with Gasteiger partial charge in [-0.3, -0.25) is 0 Å². The lowest BCUT2D eigenvalue weighted by molar-refractivity contribution is 0.691. The van der Waals surface area contributed by atoms with E-state index in [0.29, 0.717) is 13.1 Å². The Morgan fingerprint density at radius 3 is 1.89 bits per heavy atom. The lowest BCUT2D eigenvalue weighted by Crippen LogP contribution is -2.11. The molecule has 1 aliphatic rings. The molecule has 0 bridgehead atoms. The van der Waals surface area contributed by atoms with Crippen molar-refractivity contribution in [1.29, 1.82) is 0 Å². The zero-order valence-electron chi connectivity index (χ0n) is 16.0. The third-order valence-electron chi connectivity index (χ3n) is 5.45. The van der Waals surface area contributed by atoms with Crippen molar-refractivity contribution in [2.45, 2.75) is 19.0 Å². The molecule has 4 rings (SSSR count). The fraction of sp³-hybridized carbons (Fsp3) is 0.154. The molecule has 0 amide bonds. The molecule has 0 aliphatic heterocycles. The molecule has 28 heavy (non-hydrogen) atoms. The summed E-state index contributed by atoms with van der Waals surface area (Å²) in [5.74, 6) is 0.520. The summed E-state index contributed by atoms with van der Waals surface area (Å²) in [6, 6.07) is 27.9. The minimum atomic E-state index is 0.232. The highest BCUT2D eigenvalue weighted by atomic mass is 14.5. The van der Waals surface area contributed by atoms with Crippen LogP contribution in [0.5, 0.6) is 0 Å². The van der Waals surface area contributed by atoms with Crippen molar-refractivity contribution in [3.05, 3.63) is 125 Å². The summed E-state index contributed by atoms with van der Waals surface area (Å²) in [5, 5.41) is 0.